The number of benzene rings is 2. The lowest BCUT2D eigenvalue weighted by Crippen LogP contribution is -2.40. The molecule has 0 saturated heterocycles. The van der Waals surface area contributed by atoms with Crippen LogP contribution in [0.3, 0.4) is 0 Å². The topological polar surface area (TPSA) is 63.2 Å². The summed E-state index contributed by atoms with van der Waals surface area (Å²) in [4.78, 5) is 16.9. The zero-order chi connectivity index (χ0) is 20.2. The first kappa shape index (κ1) is 19.5. The van der Waals surface area contributed by atoms with Crippen LogP contribution in [0.2, 0.25) is 5.02 Å². The predicted molar refractivity (Wildman–Crippen MR) is 117 cm³/mol. The first-order valence-electron chi connectivity index (χ1n) is 9.88. The maximum atomic E-state index is 12.5. The Morgan fingerprint density at radius 1 is 1.07 bits per heavy atom. The largest absolute Gasteiger partial charge is 0.497 e. The monoisotopic (exact) mass is 409 g/mol. The van der Waals surface area contributed by atoms with Gasteiger partial charge in [-0.2, -0.15) is 0 Å². The number of nitrogens with one attached hydrogen (secondary N) is 2. The van der Waals surface area contributed by atoms with Gasteiger partial charge in [0.2, 0.25) is 0 Å². The van der Waals surface area contributed by atoms with Crippen LogP contribution in [-0.4, -0.2) is 30.1 Å². The fourth-order valence-corrected chi connectivity index (χ4v) is 4.05. The summed E-state index contributed by atoms with van der Waals surface area (Å²) in [5, 5.41) is 8.58. The lowest BCUT2D eigenvalue weighted by atomic mass is 9.90. The number of nitrogens with zero attached hydrogens (tertiary/aromatic N) is 1. The number of carbonyl (C=O) groups is 1. The van der Waals surface area contributed by atoms with Crippen molar-refractivity contribution in [2.45, 2.75) is 37.8 Å². The molecule has 1 aliphatic carbocycles. The van der Waals surface area contributed by atoms with E-state index in [0.717, 1.165) is 42.3 Å². The third kappa shape index (κ3) is 4.62. The Hall–Kier alpha value is -2.79. The maximum Gasteiger partial charge on any atom is 0.251 e. The van der Waals surface area contributed by atoms with E-state index in [1.54, 1.807) is 19.4 Å². The van der Waals surface area contributed by atoms with Crippen LogP contribution < -0.4 is 15.4 Å². The molecule has 2 N–H and O–H groups in total. The van der Waals surface area contributed by atoms with Gasteiger partial charge in [-0.25, -0.2) is 0 Å². The molecule has 1 aliphatic rings. The van der Waals surface area contributed by atoms with Gasteiger partial charge in [-0.15, -0.1) is 0 Å². The Balaban J connectivity index is 1.34. The van der Waals surface area contributed by atoms with Crippen molar-refractivity contribution in [2.24, 2.45) is 0 Å². The predicted octanol–water partition coefficient (Wildman–Crippen LogP) is 5.05. The standard InChI is InChI=1S/C23H24ClN3O2/c1-29-19-4-2-3-15(13-19)23(28)27-18-8-6-17(7-9-18)26-21-11-12-25-22-14-16(24)5-10-20(21)22/h2-5,10-14,17-18H,6-9H2,1H3,(H,25,26)(H,27,28). The van der Waals surface area contributed by atoms with E-state index in [4.69, 9.17) is 16.3 Å². The van der Waals surface area contributed by atoms with Gasteiger partial charge in [0.15, 0.2) is 0 Å². The Morgan fingerprint density at radius 3 is 2.66 bits per heavy atom. The minimum absolute atomic E-state index is 0.0442. The number of pyridine rings is 1. The average Bonchev–Trinajstić information content (AvgIpc) is 2.75. The molecular formula is C23H24ClN3O2. The van der Waals surface area contributed by atoms with Gasteiger partial charge in [-0.3, -0.25) is 9.78 Å². The van der Waals surface area contributed by atoms with Crippen molar-refractivity contribution in [3.63, 3.8) is 0 Å². The summed E-state index contributed by atoms with van der Waals surface area (Å²) in [6, 6.07) is 15.6. The van der Waals surface area contributed by atoms with Gasteiger partial charge in [-0.1, -0.05) is 17.7 Å². The van der Waals surface area contributed by atoms with Gasteiger partial charge < -0.3 is 15.4 Å². The van der Waals surface area contributed by atoms with Crippen LogP contribution in [0.5, 0.6) is 5.75 Å². The molecule has 4 rings (SSSR count). The summed E-state index contributed by atoms with van der Waals surface area (Å²) in [5.41, 5.74) is 2.60. The Kier molecular flexibility index (Phi) is 5.86. The highest BCUT2D eigenvalue weighted by Crippen LogP contribution is 2.28. The van der Waals surface area contributed by atoms with E-state index in [-0.39, 0.29) is 11.9 Å². The second kappa shape index (κ2) is 8.70. The summed E-state index contributed by atoms with van der Waals surface area (Å²) in [6.07, 6.45) is 5.70. The van der Waals surface area contributed by atoms with Gasteiger partial charge in [-0.05, 0) is 68.1 Å². The molecule has 0 atom stereocenters. The molecule has 3 aromatic rings. The highest BCUT2D eigenvalue weighted by molar-refractivity contribution is 6.31. The smallest absolute Gasteiger partial charge is 0.251 e. The number of ether oxygens (including phenoxy) is 1. The van der Waals surface area contributed by atoms with Crippen LogP contribution in [0.4, 0.5) is 5.69 Å². The number of aromatic nitrogens is 1. The van der Waals surface area contributed by atoms with Crippen LogP contribution in [0.15, 0.2) is 54.7 Å². The minimum atomic E-state index is -0.0442. The summed E-state index contributed by atoms with van der Waals surface area (Å²) < 4.78 is 5.20. The quantitative estimate of drug-likeness (QED) is 0.619. The zero-order valence-corrected chi connectivity index (χ0v) is 17.1. The van der Waals surface area contributed by atoms with Crippen molar-refractivity contribution in [1.29, 1.82) is 0 Å². The molecular weight excluding hydrogens is 386 g/mol. The van der Waals surface area contributed by atoms with Crippen molar-refractivity contribution >= 4 is 34.1 Å². The molecule has 6 heteroatoms. The van der Waals surface area contributed by atoms with E-state index in [1.165, 1.54) is 0 Å². The van der Waals surface area contributed by atoms with Crippen molar-refractivity contribution in [3.8, 4) is 5.75 Å². The second-order valence-corrected chi connectivity index (χ2v) is 7.85. The molecule has 1 aromatic heterocycles. The van der Waals surface area contributed by atoms with Crippen molar-refractivity contribution in [1.82, 2.24) is 10.3 Å². The number of rotatable bonds is 5. The number of carbonyl (C=O) groups excluding carboxylic acids is 1. The third-order valence-corrected chi connectivity index (χ3v) is 5.69. The first-order chi connectivity index (χ1) is 14.1. The van der Waals surface area contributed by atoms with Crippen LogP contribution in [0.1, 0.15) is 36.0 Å². The van der Waals surface area contributed by atoms with Crippen LogP contribution in [-0.2, 0) is 0 Å². The van der Waals surface area contributed by atoms with Crippen molar-refractivity contribution < 1.29 is 9.53 Å². The van der Waals surface area contributed by atoms with E-state index in [2.05, 4.69) is 15.6 Å². The molecule has 0 bridgehead atoms. The highest BCUT2D eigenvalue weighted by Gasteiger charge is 2.23. The number of amides is 1. The van der Waals surface area contributed by atoms with Crippen LogP contribution in [0, 0.1) is 0 Å². The molecule has 1 heterocycles. The summed E-state index contributed by atoms with van der Waals surface area (Å²) in [5.74, 6) is 0.647. The van der Waals surface area contributed by atoms with E-state index in [1.807, 2.05) is 42.5 Å². The Bertz CT molecular complexity index is 1020. The third-order valence-electron chi connectivity index (χ3n) is 5.46. The van der Waals surface area contributed by atoms with Gasteiger partial charge in [0, 0.05) is 39.9 Å². The summed E-state index contributed by atoms with van der Waals surface area (Å²) >= 11 is 6.08. The highest BCUT2D eigenvalue weighted by atomic mass is 35.5. The molecule has 5 nitrogen and oxygen atoms in total. The van der Waals surface area contributed by atoms with Crippen molar-refractivity contribution in [3.05, 3.63) is 65.3 Å². The minimum Gasteiger partial charge on any atom is -0.497 e. The lowest BCUT2D eigenvalue weighted by Gasteiger charge is -2.30. The van der Waals surface area contributed by atoms with Gasteiger partial charge in [0.25, 0.3) is 5.91 Å². The van der Waals surface area contributed by atoms with Crippen molar-refractivity contribution in [2.75, 3.05) is 12.4 Å². The number of hydrogen-bond donors (Lipinski definition) is 2. The molecule has 0 unspecified atom stereocenters. The molecule has 29 heavy (non-hydrogen) atoms. The number of hydrogen-bond acceptors (Lipinski definition) is 4. The fourth-order valence-electron chi connectivity index (χ4n) is 3.88. The molecule has 0 radical (unpaired) electrons. The van der Waals surface area contributed by atoms with E-state index < -0.39 is 0 Å². The molecule has 150 valence electrons. The number of methoxy groups -OCH3 is 1. The fraction of sp³-hybridized carbons (Fsp3) is 0.304. The van der Waals surface area contributed by atoms with E-state index >= 15 is 0 Å². The molecule has 2 aromatic carbocycles. The molecule has 1 fully saturated rings. The number of halogens is 1. The Morgan fingerprint density at radius 2 is 1.86 bits per heavy atom. The van der Waals surface area contributed by atoms with Gasteiger partial charge in [0.05, 0.1) is 12.6 Å². The number of anilines is 1. The van der Waals surface area contributed by atoms with E-state index in [9.17, 15) is 4.79 Å². The Labute approximate surface area is 175 Å². The molecule has 0 spiro atoms. The molecule has 1 saturated carbocycles. The van der Waals surface area contributed by atoms with Crippen LogP contribution >= 0.6 is 11.6 Å². The van der Waals surface area contributed by atoms with E-state index in [0.29, 0.717) is 22.4 Å². The lowest BCUT2D eigenvalue weighted by molar-refractivity contribution is 0.0926. The second-order valence-electron chi connectivity index (χ2n) is 7.42. The number of fused-ring (bicyclic) bond motifs is 1. The van der Waals surface area contributed by atoms with Crippen LogP contribution in [0.25, 0.3) is 10.9 Å². The summed E-state index contributed by atoms with van der Waals surface area (Å²) in [6.45, 7) is 0. The zero-order valence-electron chi connectivity index (χ0n) is 16.3. The molecule has 1 amide bonds. The SMILES string of the molecule is COc1cccc(C(=O)NC2CCC(Nc3ccnc4cc(Cl)ccc34)CC2)c1. The normalized spacial score (nSPS) is 19.0. The summed E-state index contributed by atoms with van der Waals surface area (Å²) in [7, 11) is 1.60. The average molecular weight is 410 g/mol. The maximum absolute atomic E-state index is 12.5. The van der Waals surface area contributed by atoms with Gasteiger partial charge >= 0.3 is 0 Å². The first-order valence-corrected chi connectivity index (χ1v) is 10.3. The van der Waals surface area contributed by atoms with Gasteiger partial charge in [0.1, 0.15) is 5.75 Å². The molecule has 0 aliphatic heterocycles.